The zero-order chi connectivity index (χ0) is 24.2. The number of carbonyl (C=O) groups is 1. The van der Waals surface area contributed by atoms with Gasteiger partial charge in [-0.05, 0) is 59.0 Å². The number of methoxy groups -OCH3 is 2. The second kappa shape index (κ2) is 10.3. The van der Waals surface area contributed by atoms with Gasteiger partial charge in [-0.3, -0.25) is 10.0 Å². The van der Waals surface area contributed by atoms with Gasteiger partial charge < -0.3 is 9.47 Å². The molecule has 1 saturated heterocycles. The smallest absolute Gasteiger partial charge is 0.262 e. The van der Waals surface area contributed by atoms with Gasteiger partial charge in [-0.15, -0.1) is 0 Å². The van der Waals surface area contributed by atoms with Gasteiger partial charge in [0, 0.05) is 12.3 Å². The number of ether oxygens (including phenoxy) is 2. The number of nitrogens with zero attached hydrogens (tertiary/aromatic N) is 1. The normalized spacial score (nSPS) is 20.4. The molecule has 2 aromatic carbocycles. The van der Waals surface area contributed by atoms with E-state index in [1.165, 1.54) is 23.5 Å². The van der Waals surface area contributed by atoms with Crippen LogP contribution in [0.4, 0.5) is 0 Å². The van der Waals surface area contributed by atoms with Gasteiger partial charge in [0.25, 0.3) is 5.91 Å². The van der Waals surface area contributed by atoms with Crippen LogP contribution in [0.1, 0.15) is 19.4 Å². The standard InChI is InChI=1S/C23H30N2O6S2/c1-23(2)15-25(33(28,29)19-11-9-18(31-4)10-12-19)21(22(26)24-27)20(23)14-32-13-16-5-7-17(30-3)8-6-16/h5-12,20-21,27H,13-15H2,1-4H3,(H,24,26)/t20-,21+/m0/s1. The zero-order valence-electron chi connectivity index (χ0n) is 19.1. The van der Waals surface area contributed by atoms with E-state index in [-0.39, 0.29) is 17.4 Å². The molecule has 0 saturated carbocycles. The summed E-state index contributed by atoms with van der Waals surface area (Å²) >= 11 is 1.62. The third-order valence-electron chi connectivity index (χ3n) is 6.03. The van der Waals surface area contributed by atoms with Crippen molar-refractivity contribution in [1.82, 2.24) is 9.79 Å². The van der Waals surface area contributed by atoms with Crippen LogP contribution in [0, 0.1) is 11.3 Å². The van der Waals surface area contributed by atoms with Gasteiger partial charge in [0.1, 0.15) is 17.5 Å². The van der Waals surface area contributed by atoms with Gasteiger partial charge in [0.15, 0.2) is 0 Å². The molecule has 0 radical (unpaired) electrons. The van der Waals surface area contributed by atoms with Crippen LogP contribution in [0.5, 0.6) is 11.5 Å². The van der Waals surface area contributed by atoms with Crippen LogP contribution in [-0.4, -0.2) is 56.4 Å². The van der Waals surface area contributed by atoms with Gasteiger partial charge >= 0.3 is 0 Å². The van der Waals surface area contributed by atoms with Crippen molar-refractivity contribution in [2.75, 3.05) is 26.5 Å². The lowest BCUT2D eigenvalue weighted by Crippen LogP contribution is -2.48. The fourth-order valence-corrected chi connectivity index (χ4v) is 7.31. The molecule has 180 valence electrons. The van der Waals surface area contributed by atoms with Gasteiger partial charge in [-0.25, -0.2) is 13.9 Å². The Kier molecular flexibility index (Phi) is 7.94. The molecule has 1 fully saturated rings. The monoisotopic (exact) mass is 494 g/mol. The molecular formula is C23H30N2O6S2. The average molecular weight is 495 g/mol. The van der Waals surface area contributed by atoms with E-state index >= 15 is 0 Å². The number of benzene rings is 2. The Bertz CT molecular complexity index is 1060. The van der Waals surface area contributed by atoms with Crippen LogP contribution >= 0.6 is 11.8 Å². The predicted molar refractivity (Wildman–Crippen MR) is 127 cm³/mol. The number of amides is 1. The maximum absolute atomic E-state index is 13.5. The lowest BCUT2D eigenvalue weighted by molar-refractivity contribution is -0.133. The number of nitrogens with one attached hydrogen (secondary N) is 1. The van der Waals surface area contributed by atoms with Crippen molar-refractivity contribution < 1.29 is 27.9 Å². The van der Waals surface area contributed by atoms with Crippen molar-refractivity contribution in [3.63, 3.8) is 0 Å². The number of hydroxylamine groups is 1. The molecule has 0 aromatic heterocycles. The molecular weight excluding hydrogens is 464 g/mol. The molecule has 2 aromatic rings. The molecule has 1 aliphatic rings. The summed E-state index contributed by atoms with van der Waals surface area (Å²) in [4.78, 5) is 12.8. The maximum atomic E-state index is 13.5. The van der Waals surface area contributed by atoms with Gasteiger partial charge in [0.05, 0.1) is 19.1 Å². The molecule has 3 rings (SSSR count). The van der Waals surface area contributed by atoms with E-state index in [9.17, 15) is 18.4 Å². The highest BCUT2D eigenvalue weighted by molar-refractivity contribution is 7.98. The Morgan fingerprint density at radius 1 is 1.09 bits per heavy atom. The van der Waals surface area contributed by atoms with Crippen LogP contribution in [0.15, 0.2) is 53.4 Å². The highest BCUT2D eigenvalue weighted by atomic mass is 32.2. The zero-order valence-corrected chi connectivity index (χ0v) is 20.8. The van der Waals surface area contributed by atoms with Crippen LogP contribution in [0.25, 0.3) is 0 Å². The Morgan fingerprint density at radius 3 is 2.15 bits per heavy atom. The summed E-state index contributed by atoms with van der Waals surface area (Å²) < 4.78 is 38.4. The van der Waals surface area contributed by atoms with Crippen LogP contribution in [0.2, 0.25) is 0 Å². The van der Waals surface area contributed by atoms with E-state index in [1.807, 2.05) is 38.1 Å². The third-order valence-corrected chi connectivity index (χ3v) is 9.00. The van der Waals surface area contributed by atoms with Crippen molar-refractivity contribution in [1.29, 1.82) is 0 Å². The summed E-state index contributed by atoms with van der Waals surface area (Å²) in [7, 11) is -0.857. The molecule has 10 heteroatoms. The largest absolute Gasteiger partial charge is 0.497 e. The Morgan fingerprint density at radius 2 is 1.64 bits per heavy atom. The summed E-state index contributed by atoms with van der Waals surface area (Å²) in [5.74, 6) is 1.53. The summed E-state index contributed by atoms with van der Waals surface area (Å²) in [5.41, 5.74) is 2.30. The Balaban J connectivity index is 1.82. The lowest BCUT2D eigenvalue weighted by atomic mass is 9.80. The van der Waals surface area contributed by atoms with E-state index in [2.05, 4.69) is 0 Å². The summed E-state index contributed by atoms with van der Waals surface area (Å²) in [6.07, 6.45) is 0. The van der Waals surface area contributed by atoms with Gasteiger partial charge in [0.2, 0.25) is 10.0 Å². The number of rotatable bonds is 9. The molecule has 0 spiro atoms. The molecule has 33 heavy (non-hydrogen) atoms. The number of hydrogen-bond donors (Lipinski definition) is 2. The van der Waals surface area contributed by atoms with Gasteiger partial charge in [-0.2, -0.15) is 16.1 Å². The average Bonchev–Trinajstić information content (AvgIpc) is 3.10. The molecule has 1 heterocycles. The number of sulfonamides is 1. The van der Waals surface area contributed by atoms with Crippen molar-refractivity contribution in [2.45, 2.75) is 30.5 Å². The number of carbonyl (C=O) groups excluding carboxylic acids is 1. The summed E-state index contributed by atoms with van der Waals surface area (Å²) in [6.45, 7) is 4.06. The van der Waals surface area contributed by atoms with Crippen molar-refractivity contribution in [2.24, 2.45) is 11.3 Å². The fraction of sp³-hybridized carbons (Fsp3) is 0.435. The first-order chi connectivity index (χ1) is 15.6. The third kappa shape index (κ3) is 5.46. The molecule has 1 aliphatic heterocycles. The topological polar surface area (TPSA) is 105 Å². The highest BCUT2D eigenvalue weighted by Crippen LogP contribution is 2.44. The minimum Gasteiger partial charge on any atom is -0.497 e. The first-order valence-corrected chi connectivity index (χ1v) is 13.0. The molecule has 8 nitrogen and oxygen atoms in total. The van der Waals surface area contributed by atoms with E-state index in [1.54, 1.807) is 36.5 Å². The molecule has 2 N–H and O–H groups in total. The minimum atomic E-state index is -3.97. The van der Waals surface area contributed by atoms with E-state index in [0.29, 0.717) is 17.3 Å². The van der Waals surface area contributed by atoms with E-state index < -0.39 is 27.4 Å². The number of thioether (sulfide) groups is 1. The Labute approximate surface area is 199 Å². The van der Waals surface area contributed by atoms with Crippen LogP contribution < -0.4 is 15.0 Å². The molecule has 0 unspecified atom stereocenters. The van der Waals surface area contributed by atoms with Crippen molar-refractivity contribution >= 4 is 27.7 Å². The van der Waals surface area contributed by atoms with Crippen molar-refractivity contribution in [3.05, 3.63) is 54.1 Å². The minimum absolute atomic E-state index is 0.0707. The Hall–Kier alpha value is -2.27. The predicted octanol–water partition coefficient (Wildman–Crippen LogP) is 3.16. The lowest BCUT2D eigenvalue weighted by Gasteiger charge is -2.28. The fourth-order valence-electron chi connectivity index (χ4n) is 4.08. The summed E-state index contributed by atoms with van der Waals surface area (Å²) in [5, 5.41) is 9.40. The first-order valence-electron chi connectivity index (χ1n) is 10.4. The molecule has 1 amide bonds. The van der Waals surface area contributed by atoms with Crippen molar-refractivity contribution in [3.8, 4) is 11.5 Å². The van der Waals surface area contributed by atoms with E-state index in [0.717, 1.165) is 11.3 Å². The molecule has 2 atom stereocenters. The van der Waals surface area contributed by atoms with Crippen LogP contribution in [0.3, 0.4) is 0 Å². The maximum Gasteiger partial charge on any atom is 0.262 e. The SMILES string of the molecule is COc1ccc(CSC[C@H]2[C@H](C(=O)NO)N(S(=O)(=O)c3ccc(OC)cc3)CC2(C)C)cc1. The molecule has 0 aliphatic carbocycles. The van der Waals surface area contributed by atoms with Crippen LogP contribution in [-0.2, 0) is 20.6 Å². The summed E-state index contributed by atoms with van der Waals surface area (Å²) in [6, 6.07) is 12.8. The highest BCUT2D eigenvalue weighted by Gasteiger charge is 2.54. The second-order valence-corrected chi connectivity index (χ2v) is 11.5. The first kappa shape index (κ1) is 25.4. The van der Waals surface area contributed by atoms with E-state index in [4.69, 9.17) is 9.47 Å². The quantitative estimate of drug-likeness (QED) is 0.408. The number of hydrogen-bond acceptors (Lipinski definition) is 7. The molecule has 0 bridgehead atoms. The second-order valence-electron chi connectivity index (χ2n) is 8.60. The van der Waals surface area contributed by atoms with Gasteiger partial charge in [-0.1, -0.05) is 26.0 Å².